The molecule has 5 nitrogen and oxygen atoms in total. The third-order valence-electron chi connectivity index (χ3n) is 3.09. The van der Waals surface area contributed by atoms with Crippen molar-refractivity contribution in [3.8, 4) is 27.8 Å². The van der Waals surface area contributed by atoms with Crippen molar-refractivity contribution < 1.29 is 19.1 Å². The van der Waals surface area contributed by atoms with Crippen LogP contribution in [0.15, 0.2) is 46.2 Å². The maximum atomic E-state index is 10.9. The summed E-state index contributed by atoms with van der Waals surface area (Å²) in [6.07, 6.45) is -0.309. The summed E-state index contributed by atoms with van der Waals surface area (Å²) in [4.78, 5) is 16.2. The van der Waals surface area contributed by atoms with Gasteiger partial charge in [-0.15, -0.1) is 11.3 Å². The van der Waals surface area contributed by atoms with Gasteiger partial charge in [-0.25, -0.2) is 4.98 Å². The molecule has 0 spiro atoms. The number of methoxy groups -OCH3 is 1. The molecule has 0 amide bonds. The zero-order chi connectivity index (χ0) is 15.5. The second-order valence-electron chi connectivity index (χ2n) is 4.55. The Morgan fingerprint density at radius 3 is 2.68 bits per heavy atom. The Kier molecular flexibility index (Phi) is 3.93. The molecule has 6 heteroatoms. The van der Waals surface area contributed by atoms with E-state index in [0.29, 0.717) is 17.3 Å². The topological polar surface area (TPSA) is 75.4 Å². The molecule has 3 aromatic rings. The summed E-state index contributed by atoms with van der Waals surface area (Å²) in [6.45, 7) is 0. The van der Waals surface area contributed by atoms with Crippen molar-refractivity contribution >= 4 is 17.3 Å². The van der Waals surface area contributed by atoms with Crippen LogP contribution in [-0.4, -0.2) is 18.1 Å². The molecule has 1 aromatic carbocycles. The van der Waals surface area contributed by atoms with Crippen molar-refractivity contribution in [2.24, 2.45) is 0 Å². The van der Waals surface area contributed by atoms with Crippen LogP contribution in [0.5, 0.6) is 5.75 Å². The van der Waals surface area contributed by atoms with Crippen LogP contribution in [0.4, 0.5) is 0 Å². The summed E-state index contributed by atoms with van der Waals surface area (Å²) < 4.78 is 10.8. The largest absolute Gasteiger partial charge is 0.550 e. The van der Waals surface area contributed by atoms with Crippen molar-refractivity contribution in [1.82, 2.24) is 4.98 Å². The van der Waals surface area contributed by atoms with Crippen molar-refractivity contribution in [2.75, 3.05) is 7.11 Å². The molecule has 0 unspecified atom stereocenters. The van der Waals surface area contributed by atoms with Crippen LogP contribution in [0.2, 0.25) is 0 Å². The normalized spacial score (nSPS) is 10.6. The summed E-state index contributed by atoms with van der Waals surface area (Å²) in [5.41, 5.74) is 1.30. The van der Waals surface area contributed by atoms with E-state index in [4.69, 9.17) is 9.15 Å². The van der Waals surface area contributed by atoms with E-state index in [9.17, 15) is 9.90 Å². The van der Waals surface area contributed by atoms with E-state index < -0.39 is 5.97 Å². The minimum absolute atomic E-state index is 0.299. The number of aromatic nitrogens is 1. The maximum Gasteiger partial charge on any atom is 0.226 e. The lowest BCUT2D eigenvalue weighted by atomic mass is 10.2. The second-order valence-corrected chi connectivity index (χ2v) is 5.49. The molecule has 0 saturated carbocycles. The Bertz CT molecular complexity index is 775. The molecule has 0 atom stereocenters. The van der Waals surface area contributed by atoms with Crippen LogP contribution in [0.3, 0.4) is 0 Å². The predicted octanol–water partition coefficient (Wildman–Crippen LogP) is 2.37. The highest BCUT2D eigenvalue weighted by molar-refractivity contribution is 7.13. The van der Waals surface area contributed by atoms with Crippen LogP contribution >= 0.6 is 11.3 Å². The van der Waals surface area contributed by atoms with E-state index >= 15 is 0 Å². The first-order chi connectivity index (χ1) is 10.7. The number of carbonyl (C=O) groups excluding carboxylic acids is 1. The summed E-state index contributed by atoms with van der Waals surface area (Å²) in [5, 5.41) is 12.8. The van der Waals surface area contributed by atoms with E-state index in [1.807, 2.05) is 29.6 Å². The van der Waals surface area contributed by atoms with Crippen LogP contribution in [0.25, 0.3) is 22.0 Å². The Morgan fingerprint density at radius 2 is 2.09 bits per heavy atom. The highest BCUT2D eigenvalue weighted by Crippen LogP contribution is 2.32. The molecular weight excluding hydrogens is 302 g/mol. The molecule has 0 fully saturated rings. The van der Waals surface area contributed by atoms with E-state index in [2.05, 4.69) is 4.98 Å². The van der Waals surface area contributed by atoms with Gasteiger partial charge in [0.2, 0.25) is 5.89 Å². The smallest absolute Gasteiger partial charge is 0.226 e. The fourth-order valence-corrected chi connectivity index (χ4v) is 2.80. The Balaban J connectivity index is 2.03. The minimum Gasteiger partial charge on any atom is -0.550 e. The number of carbonyl (C=O) groups is 1. The van der Waals surface area contributed by atoms with Crippen molar-refractivity contribution in [3.63, 3.8) is 0 Å². The number of carboxylic acids is 1. The van der Waals surface area contributed by atoms with E-state index in [0.717, 1.165) is 16.2 Å². The zero-order valence-corrected chi connectivity index (χ0v) is 12.6. The molecule has 22 heavy (non-hydrogen) atoms. The number of nitrogens with zero attached hydrogens (tertiary/aromatic N) is 1. The number of hydrogen-bond acceptors (Lipinski definition) is 6. The quantitative estimate of drug-likeness (QED) is 0.722. The summed E-state index contributed by atoms with van der Waals surface area (Å²) >= 11 is 1.48. The standard InChI is InChI=1S/C16H13NO4S/c1-20-11-6-4-10(5-7-11)16-17-15(13-3-2-8-22-13)12(21-16)9-14(18)19/h2-8H,9H2,1H3,(H,18,19)/p-1. The molecule has 2 heterocycles. The number of oxazole rings is 1. The van der Waals surface area contributed by atoms with Gasteiger partial charge in [-0.1, -0.05) is 6.07 Å². The van der Waals surface area contributed by atoms with Gasteiger partial charge in [-0.3, -0.25) is 0 Å². The molecule has 3 rings (SSSR count). The number of benzene rings is 1. The van der Waals surface area contributed by atoms with Gasteiger partial charge < -0.3 is 19.1 Å². The lowest BCUT2D eigenvalue weighted by Crippen LogP contribution is -2.24. The van der Waals surface area contributed by atoms with Crippen molar-refractivity contribution in [2.45, 2.75) is 6.42 Å². The average molecular weight is 314 g/mol. The third-order valence-corrected chi connectivity index (χ3v) is 3.97. The SMILES string of the molecule is COc1ccc(-c2nc(-c3cccs3)c(CC(=O)[O-])o2)cc1. The lowest BCUT2D eigenvalue weighted by Gasteiger charge is -2.00. The lowest BCUT2D eigenvalue weighted by molar-refractivity contribution is -0.305. The van der Waals surface area contributed by atoms with Crippen LogP contribution in [0, 0.1) is 0 Å². The number of aliphatic carboxylic acids is 1. The van der Waals surface area contributed by atoms with Crippen LogP contribution in [-0.2, 0) is 11.2 Å². The van der Waals surface area contributed by atoms with Crippen LogP contribution in [0.1, 0.15) is 5.76 Å². The van der Waals surface area contributed by atoms with Crippen molar-refractivity contribution in [1.29, 1.82) is 0 Å². The monoisotopic (exact) mass is 314 g/mol. The summed E-state index contributed by atoms with van der Waals surface area (Å²) in [6, 6.07) is 11.0. The fourth-order valence-electron chi connectivity index (χ4n) is 2.07. The van der Waals surface area contributed by atoms with E-state index in [1.165, 1.54) is 11.3 Å². The number of carboxylic acid groups (broad SMARTS) is 1. The second kappa shape index (κ2) is 6.03. The van der Waals surface area contributed by atoms with Gasteiger partial charge in [0.15, 0.2) is 0 Å². The first-order valence-corrected chi connectivity index (χ1v) is 7.43. The number of rotatable bonds is 5. The molecule has 0 radical (unpaired) electrons. The number of hydrogen-bond donors (Lipinski definition) is 0. The summed E-state index contributed by atoms with van der Waals surface area (Å²) in [5.74, 6) is 0.203. The molecule has 112 valence electrons. The van der Waals surface area contributed by atoms with Crippen molar-refractivity contribution in [3.05, 3.63) is 47.5 Å². The fraction of sp³-hybridized carbons (Fsp3) is 0.125. The minimum atomic E-state index is -1.20. The van der Waals surface area contributed by atoms with Gasteiger partial charge in [0.05, 0.1) is 12.0 Å². The highest BCUT2D eigenvalue weighted by atomic mass is 32.1. The Labute approximate surface area is 130 Å². The predicted molar refractivity (Wildman–Crippen MR) is 80.5 cm³/mol. The Hall–Kier alpha value is -2.60. The Morgan fingerprint density at radius 1 is 1.32 bits per heavy atom. The summed E-state index contributed by atoms with van der Waals surface area (Å²) in [7, 11) is 1.59. The molecule has 0 aliphatic rings. The average Bonchev–Trinajstić information content (AvgIpc) is 3.16. The molecule has 0 bridgehead atoms. The molecule has 0 N–H and O–H groups in total. The first-order valence-electron chi connectivity index (χ1n) is 6.55. The van der Waals surface area contributed by atoms with Gasteiger partial charge in [0.25, 0.3) is 0 Å². The van der Waals surface area contributed by atoms with Gasteiger partial charge in [0.1, 0.15) is 17.2 Å². The van der Waals surface area contributed by atoms with Gasteiger partial charge in [0, 0.05) is 18.0 Å². The molecule has 0 aliphatic heterocycles. The van der Waals surface area contributed by atoms with E-state index in [-0.39, 0.29) is 6.42 Å². The first kappa shape index (κ1) is 14.3. The van der Waals surface area contributed by atoms with Gasteiger partial charge in [-0.05, 0) is 35.7 Å². The maximum absolute atomic E-state index is 10.9. The van der Waals surface area contributed by atoms with Gasteiger partial charge >= 0.3 is 0 Å². The van der Waals surface area contributed by atoms with Gasteiger partial charge in [-0.2, -0.15) is 0 Å². The molecule has 0 saturated heterocycles. The molecule has 2 aromatic heterocycles. The number of ether oxygens (including phenoxy) is 1. The highest BCUT2D eigenvalue weighted by Gasteiger charge is 2.17. The molecular formula is C16H12NO4S-. The third kappa shape index (κ3) is 2.87. The van der Waals surface area contributed by atoms with E-state index in [1.54, 1.807) is 19.2 Å². The number of thiophene rings is 1. The van der Waals surface area contributed by atoms with Crippen LogP contribution < -0.4 is 9.84 Å². The molecule has 0 aliphatic carbocycles. The zero-order valence-electron chi connectivity index (χ0n) is 11.7.